The van der Waals surface area contributed by atoms with Crippen LogP contribution in [-0.4, -0.2) is 89.3 Å². The minimum atomic E-state index is -1.04. The maximum atomic E-state index is 13.0. The quantitative estimate of drug-likeness (QED) is 0.481. The van der Waals surface area contributed by atoms with Gasteiger partial charge in [-0.25, -0.2) is 9.78 Å². The van der Waals surface area contributed by atoms with E-state index < -0.39 is 17.5 Å². The summed E-state index contributed by atoms with van der Waals surface area (Å²) in [5.74, 6) is -0.400. The zero-order valence-corrected chi connectivity index (χ0v) is 19.5. The number of hydrogen-bond donors (Lipinski definition) is 2. The van der Waals surface area contributed by atoms with Crippen LogP contribution in [0.5, 0.6) is 0 Å². The molecule has 0 unspecified atom stereocenters. The summed E-state index contributed by atoms with van der Waals surface area (Å²) in [6.07, 6.45) is 7.71. The Labute approximate surface area is 196 Å². The highest BCUT2D eigenvalue weighted by atomic mass is 16.2. The average molecular weight is 472 g/mol. The van der Waals surface area contributed by atoms with E-state index in [0.717, 1.165) is 10.7 Å². The van der Waals surface area contributed by atoms with Crippen molar-refractivity contribution in [3.05, 3.63) is 30.6 Å². The summed E-state index contributed by atoms with van der Waals surface area (Å²) in [6.45, 7) is 4.00. The number of carbonyl (C=O) groups is 4. The molecule has 2 aromatic rings. The first-order valence-electron chi connectivity index (χ1n) is 11.2. The van der Waals surface area contributed by atoms with E-state index in [0.29, 0.717) is 25.9 Å². The minimum Gasteiger partial charge on any atom is -0.351 e. The fourth-order valence-corrected chi connectivity index (χ4v) is 4.38. The molecule has 4 heterocycles. The first-order valence-corrected chi connectivity index (χ1v) is 11.2. The van der Waals surface area contributed by atoms with Crippen LogP contribution in [0.15, 0.2) is 24.8 Å². The molecule has 0 aliphatic carbocycles. The molecule has 2 aliphatic rings. The van der Waals surface area contributed by atoms with Crippen molar-refractivity contribution in [1.29, 1.82) is 0 Å². The molecule has 2 aromatic heterocycles. The molecule has 0 aromatic carbocycles. The van der Waals surface area contributed by atoms with Gasteiger partial charge in [-0.1, -0.05) is 5.21 Å². The second-order valence-electron chi connectivity index (χ2n) is 9.19. The highest BCUT2D eigenvalue weighted by Crippen LogP contribution is 2.27. The van der Waals surface area contributed by atoms with Gasteiger partial charge in [-0.2, -0.15) is 0 Å². The summed E-state index contributed by atoms with van der Waals surface area (Å²) < 4.78 is 3.53. The van der Waals surface area contributed by atoms with Gasteiger partial charge in [0, 0.05) is 51.7 Å². The third kappa shape index (κ3) is 4.77. The zero-order chi connectivity index (χ0) is 24.5. The Balaban J connectivity index is 1.40. The average Bonchev–Trinajstić information content (AvgIpc) is 3.54. The van der Waals surface area contributed by atoms with Crippen LogP contribution in [0.4, 0.5) is 4.79 Å². The number of imide groups is 1. The van der Waals surface area contributed by atoms with Gasteiger partial charge < -0.3 is 20.1 Å². The molecular formula is C21H29N9O4. The number of likely N-dealkylation sites (tertiary alicyclic amines) is 1. The molecule has 0 radical (unpaired) electrons. The maximum Gasteiger partial charge on any atom is 0.325 e. The van der Waals surface area contributed by atoms with Gasteiger partial charge in [0.05, 0.1) is 18.2 Å². The Hall–Kier alpha value is -3.77. The molecule has 34 heavy (non-hydrogen) atoms. The highest BCUT2D eigenvalue weighted by Gasteiger charge is 2.46. The van der Waals surface area contributed by atoms with Gasteiger partial charge in [0.15, 0.2) is 0 Å². The van der Waals surface area contributed by atoms with Gasteiger partial charge in [0.25, 0.3) is 5.91 Å². The number of urea groups is 1. The first-order chi connectivity index (χ1) is 16.2. The lowest BCUT2D eigenvalue weighted by Gasteiger charge is -2.20. The third-order valence-corrected chi connectivity index (χ3v) is 6.21. The lowest BCUT2D eigenvalue weighted by atomic mass is 10.0. The van der Waals surface area contributed by atoms with Crippen molar-refractivity contribution in [3.8, 4) is 0 Å². The van der Waals surface area contributed by atoms with E-state index in [1.165, 1.54) is 0 Å². The van der Waals surface area contributed by atoms with Crippen LogP contribution in [0, 0.1) is 0 Å². The van der Waals surface area contributed by atoms with Crippen molar-refractivity contribution in [1.82, 2.24) is 45.0 Å². The lowest BCUT2D eigenvalue weighted by molar-refractivity contribution is -0.138. The summed E-state index contributed by atoms with van der Waals surface area (Å²) in [6, 6.07) is -0.927. The smallest absolute Gasteiger partial charge is 0.325 e. The predicted octanol–water partition coefficient (Wildman–Crippen LogP) is -0.767. The third-order valence-electron chi connectivity index (χ3n) is 6.21. The Kier molecular flexibility index (Phi) is 6.35. The molecule has 5 amide bonds. The molecular weight excluding hydrogens is 442 g/mol. The summed E-state index contributed by atoms with van der Waals surface area (Å²) >= 11 is 0. The highest BCUT2D eigenvalue weighted by molar-refractivity contribution is 6.08. The van der Waals surface area contributed by atoms with Gasteiger partial charge >= 0.3 is 6.03 Å². The van der Waals surface area contributed by atoms with Crippen LogP contribution in [0.25, 0.3) is 0 Å². The number of amides is 5. The predicted molar refractivity (Wildman–Crippen MR) is 118 cm³/mol. The number of nitrogens with one attached hydrogen (secondary N) is 2. The molecule has 0 saturated carbocycles. The summed E-state index contributed by atoms with van der Waals surface area (Å²) in [4.78, 5) is 57.3. The SMILES string of the molecule is Cn1ccnc1[C@@H]1CN(C(=O)CN2C(=O)NC(C)(C)C2=O)C[C@H]1NC(=O)CCCn1ccnn1. The van der Waals surface area contributed by atoms with Crippen LogP contribution in [-0.2, 0) is 28.0 Å². The normalized spacial score (nSPS) is 21.7. The second-order valence-corrected chi connectivity index (χ2v) is 9.19. The van der Waals surface area contributed by atoms with Gasteiger partial charge in [0.1, 0.15) is 17.9 Å². The maximum absolute atomic E-state index is 13.0. The van der Waals surface area contributed by atoms with Crippen LogP contribution in [0.3, 0.4) is 0 Å². The van der Waals surface area contributed by atoms with Crippen molar-refractivity contribution in [2.75, 3.05) is 19.6 Å². The van der Waals surface area contributed by atoms with E-state index in [9.17, 15) is 19.2 Å². The molecule has 2 N–H and O–H groups in total. The molecule has 13 nitrogen and oxygen atoms in total. The summed E-state index contributed by atoms with van der Waals surface area (Å²) in [5.41, 5.74) is -1.04. The molecule has 4 rings (SSSR count). The fraction of sp³-hybridized carbons (Fsp3) is 0.571. The lowest BCUT2D eigenvalue weighted by Crippen LogP contribution is -2.45. The molecule has 13 heteroatoms. The van der Waals surface area contributed by atoms with Crippen molar-refractivity contribution < 1.29 is 19.2 Å². The Morgan fingerprint density at radius 2 is 2.00 bits per heavy atom. The summed E-state index contributed by atoms with van der Waals surface area (Å²) in [7, 11) is 1.86. The zero-order valence-electron chi connectivity index (χ0n) is 19.5. The van der Waals surface area contributed by atoms with Crippen LogP contribution in [0.2, 0.25) is 0 Å². The molecule has 182 valence electrons. The monoisotopic (exact) mass is 471 g/mol. The van der Waals surface area contributed by atoms with Crippen molar-refractivity contribution in [2.45, 2.75) is 50.7 Å². The van der Waals surface area contributed by atoms with Crippen molar-refractivity contribution >= 4 is 23.8 Å². The number of imidazole rings is 1. The van der Waals surface area contributed by atoms with Gasteiger partial charge in [-0.3, -0.25) is 24.0 Å². The molecule has 2 atom stereocenters. The largest absolute Gasteiger partial charge is 0.351 e. The van der Waals surface area contributed by atoms with Crippen LogP contribution < -0.4 is 10.6 Å². The number of carbonyl (C=O) groups excluding carboxylic acids is 4. The van der Waals surface area contributed by atoms with E-state index >= 15 is 0 Å². The van der Waals surface area contributed by atoms with Crippen molar-refractivity contribution in [2.24, 2.45) is 7.05 Å². The minimum absolute atomic E-state index is 0.130. The summed E-state index contributed by atoms with van der Waals surface area (Å²) in [5, 5.41) is 13.3. The molecule has 2 fully saturated rings. The number of aryl methyl sites for hydroxylation is 2. The standard InChI is InChI=1S/C21H29N9O4/c1-21(2)19(33)30(20(34)25-21)13-17(32)28-11-14(18-22-6-9-27(18)3)15(12-28)24-16(31)5-4-8-29-10-7-23-26-29/h6-7,9-10,14-15H,4-5,8,11-13H2,1-3H3,(H,24,31)(H,25,34)/t14-,15-/m1/s1. The van der Waals surface area contributed by atoms with E-state index in [2.05, 4.69) is 25.9 Å². The Bertz CT molecular complexity index is 1080. The topological polar surface area (TPSA) is 147 Å². The van der Waals surface area contributed by atoms with Crippen molar-refractivity contribution in [3.63, 3.8) is 0 Å². The molecule has 0 bridgehead atoms. The van der Waals surface area contributed by atoms with Gasteiger partial charge in [0.2, 0.25) is 11.8 Å². The Morgan fingerprint density at radius 1 is 1.21 bits per heavy atom. The van der Waals surface area contributed by atoms with E-state index in [1.54, 1.807) is 42.0 Å². The van der Waals surface area contributed by atoms with E-state index in [1.807, 2.05) is 17.8 Å². The van der Waals surface area contributed by atoms with Crippen LogP contribution >= 0.6 is 0 Å². The number of aromatic nitrogens is 5. The van der Waals surface area contributed by atoms with Gasteiger partial charge in [-0.15, -0.1) is 5.10 Å². The fourth-order valence-electron chi connectivity index (χ4n) is 4.38. The number of nitrogens with zero attached hydrogens (tertiary/aromatic N) is 7. The molecule has 0 spiro atoms. The number of rotatable bonds is 8. The van der Waals surface area contributed by atoms with E-state index in [-0.39, 0.29) is 36.9 Å². The van der Waals surface area contributed by atoms with Crippen LogP contribution in [0.1, 0.15) is 38.4 Å². The van der Waals surface area contributed by atoms with Gasteiger partial charge in [-0.05, 0) is 20.3 Å². The van der Waals surface area contributed by atoms with E-state index in [4.69, 9.17) is 0 Å². The molecule has 2 saturated heterocycles. The second kappa shape index (κ2) is 9.23. The molecule has 2 aliphatic heterocycles. The first kappa shape index (κ1) is 23.4. The Morgan fingerprint density at radius 3 is 2.62 bits per heavy atom. The number of hydrogen-bond acceptors (Lipinski definition) is 7.